The quantitative estimate of drug-likeness (QED) is 0.697. The van der Waals surface area contributed by atoms with Gasteiger partial charge < -0.3 is 14.2 Å². The SMILES string of the molecule is O=C(Cc1noc2ccc(F)cc12)N1C[C@H](c2ccccc2)[C@@H]2COCC[C@@H]21. The molecule has 2 aliphatic heterocycles. The number of benzene rings is 2. The third kappa shape index (κ3) is 2.98. The summed E-state index contributed by atoms with van der Waals surface area (Å²) in [6, 6.07) is 14.7. The van der Waals surface area contributed by atoms with Crippen molar-refractivity contribution >= 4 is 16.9 Å². The van der Waals surface area contributed by atoms with Crippen LogP contribution in [0.15, 0.2) is 53.1 Å². The standard InChI is InChI=1S/C22H21FN2O3/c23-15-6-7-21-16(10-15)19(24-28-21)11-22(26)25-12-17(14-4-2-1-3-5-14)18-13-27-9-8-20(18)25/h1-7,10,17-18,20H,8-9,11-13H2/t17-,18+,20+/m1/s1. The molecule has 0 aliphatic carbocycles. The Kier molecular flexibility index (Phi) is 4.36. The van der Waals surface area contributed by atoms with E-state index in [2.05, 4.69) is 17.3 Å². The van der Waals surface area contributed by atoms with Crippen molar-refractivity contribution in [1.82, 2.24) is 10.1 Å². The van der Waals surface area contributed by atoms with Gasteiger partial charge in [0.1, 0.15) is 11.5 Å². The molecule has 0 N–H and O–H groups in total. The van der Waals surface area contributed by atoms with Crippen LogP contribution in [0.4, 0.5) is 4.39 Å². The molecule has 5 rings (SSSR count). The molecule has 6 heteroatoms. The molecule has 0 saturated carbocycles. The zero-order valence-electron chi connectivity index (χ0n) is 15.4. The fourth-order valence-corrected chi connectivity index (χ4v) is 4.68. The van der Waals surface area contributed by atoms with Gasteiger partial charge in [-0.05, 0) is 30.2 Å². The molecule has 2 fully saturated rings. The highest BCUT2D eigenvalue weighted by Gasteiger charge is 2.45. The summed E-state index contributed by atoms with van der Waals surface area (Å²) in [5.74, 6) is 0.211. The highest BCUT2D eigenvalue weighted by Crippen LogP contribution is 2.41. The van der Waals surface area contributed by atoms with Crippen LogP contribution < -0.4 is 0 Å². The van der Waals surface area contributed by atoms with Crippen molar-refractivity contribution in [1.29, 1.82) is 0 Å². The van der Waals surface area contributed by atoms with Gasteiger partial charge in [0.15, 0.2) is 5.58 Å². The van der Waals surface area contributed by atoms with Gasteiger partial charge in [-0.1, -0.05) is 35.5 Å². The molecule has 0 bridgehead atoms. The number of rotatable bonds is 3. The number of fused-ring (bicyclic) bond motifs is 2. The predicted octanol–water partition coefficient (Wildman–Crippen LogP) is 3.54. The minimum absolute atomic E-state index is 0.00907. The molecular formula is C22H21FN2O3. The number of hydrogen-bond acceptors (Lipinski definition) is 4. The highest BCUT2D eigenvalue weighted by atomic mass is 19.1. The summed E-state index contributed by atoms with van der Waals surface area (Å²) in [5, 5.41) is 4.58. The van der Waals surface area contributed by atoms with Crippen LogP contribution in [-0.2, 0) is 16.0 Å². The lowest BCUT2D eigenvalue weighted by atomic mass is 9.84. The third-order valence-electron chi connectivity index (χ3n) is 6.05. The number of halogens is 1. The van der Waals surface area contributed by atoms with Crippen molar-refractivity contribution in [2.75, 3.05) is 19.8 Å². The lowest BCUT2D eigenvalue weighted by molar-refractivity contribution is -0.133. The average Bonchev–Trinajstić information content (AvgIpc) is 3.30. The summed E-state index contributed by atoms with van der Waals surface area (Å²) in [4.78, 5) is 15.2. The summed E-state index contributed by atoms with van der Waals surface area (Å²) in [7, 11) is 0. The first kappa shape index (κ1) is 17.4. The molecule has 144 valence electrons. The number of carbonyl (C=O) groups is 1. The fraction of sp³-hybridized carbons (Fsp3) is 0.364. The van der Waals surface area contributed by atoms with E-state index in [4.69, 9.17) is 9.26 Å². The summed E-state index contributed by atoms with van der Waals surface area (Å²) in [6.45, 7) is 2.02. The van der Waals surface area contributed by atoms with Gasteiger partial charge in [-0.25, -0.2) is 4.39 Å². The zero-order chi connectivity index (χ0) is 19.1. The van der Waals surface area contributed by atoms with Crippen molar-refractivity contribution in [2.45, 2.75) is 24.8 Å². The molecule has 0 spiro atoms. The Bertz CT molecular complexity index is 1000. The van der Waals surface area contributed by atoms with Crippen LogP contribution in [0.1, 0.15) is 23.6 Å². The Morgan fingerprint density at radius 1 is 1.21 bits per heavy atom. The molecule has 0 radical (unpaired) electrons. The third-order valence-corrected chi connectivity index (χ3v) is 6.05. The van der Waals surface area contributed by atoms with E-state index >= 15 is 0 Å². The van der Waals surface area contributed by atoms with Gasteiger partial charge >= 0.3 is 0 Å². The van der Waals surface area contributed by atoms with Crippen LogP contribution in [0, 0.1) is 11.7 Å². The molecule has 2 saturated heterocycles. The van der Waals surface area contributed by atoms with Gasteiger partial charge in [-0.2, -0.15) is 0 Å². The molecule has 3 atom stereocenters. The Morgan fingerprint density at radius 2 is 2.07 bits per heavy atom. The number of nitrogens with zero attached hydrogens (tertiary/aromatic N) is 2. The topological polar surface area (TPSA) is 55.6 Å². The second-order valence-corrected chi connectivity index (χ2v) is 7.60. The van der Waals surface area contributed by atoms with E-state index in [1.165, 1.54) is 17.7 Å². The molecule has 2 aromatic carbocycles. The summed E-state index contributed by atoms with van der Waals surface area (Å²) in [5.41, 5.74) is 2.23. The van der Waals surface area contributed by atoms with Gasteiger partial charge in [0, 0.05) is 36.4 Å². The van der Waals surface area contributed by atoms with Gasteiger partial charge in [-0.3, -0.25) is 4.79 Å². The molecule has 5 nitrogen and oxygen atoms in total. The van der Waals surface area contributed by atoms with E-state index in [-0.39, 0.29) is 30.1 Å². The smallest absolute Gasteiger partial charge is 0.229 e. The molecule has 0 unspecified atom stereocenters. The maximum Gasteiger partial charge on any atom is 0.229 e. The van der Waals surface area contributed by atoms with Crippen LogP contribution in [0.5, 0.6) is 0 Å². The van der Waals surface area contributed by atoms with Crippen LogP contribution in [-0.4, -0.2) is 41.8 Å². The van der Waals surface area contributed by atoms with Crippen molar-refractivity contribution in [3.05, 3.63) is 65.6 Å². The zero-order valence-corrected chi connectivity index (χ0v) is 15.4. The summed E-state index contributed by atoms with van der Waals surface area (Å²) >= 11 is 0. The van der Waals surface area contributed by atoms with Crippen molar-refractivity contribution in [2.24, 2.45) is 5.92 Å². The Morgan fingerprint density at radius 3 is 2.93 bits per heavy atom. The van der Waals surface area contributed by atoms with Crippen molar-refractivity contribution in [3.8, 4) is 0 Å². The predicted molar refractivity (Wildman–Crippen MR) is 101 cm³/mol. The highest BCUT2D eigenvalue weighted by molar-refractivity contribution is 5.86. The number of carbonyl (C=O) groups excluding carboxylic acids is 1. The number of ether oxygens (including phenoxy) is 1. The Balaban J connectivity index is 1.41. The molecule has 1 amide bonds. The van der Waals surface area contributed by atoms with Gasteiger partial charge in [0.2, 0.25) is 5.91 Å². The summed E-state index contributed by atoms with van der Waals surface area (Å²) < 4.78 is 24.6. The van der Waals surface area contributed by atoms with E-state index < -0.39 is 0 Å². The number of hydrogen-bond donors (Lipinski definition) is 0. The molecule has 1 aromatic heterocycles. The van der Waals surface area contributed by atoms with Crippen LogP contribution >= 0.6 is 0 Å². The van der Waals surface area contributed by atoms with Crippen molar-refractivity contribution < 1.29 is 18.4 Å². The van der Waals surface area contributed by atoms with E-state index in [1.54, 1.807) is 6.07 Å². The second kappa shape index (κ2) is 7.02. The first-order chi connectivity index (χ1) is 13.7. The lowest BCUT2D eigenvalue weighted by Crippen LogP contribution is -2.42. The minimum Gasteiger partial charge on any atom is -0.381 e. The van der Waals surface area contributed by atoms with Crippen LogP contribution in [0.25, 0.3) is 11.0 Å². The number of aromatic nitrogens is 1. The van der Waals surface area contributed by atoms with Crippen LogP contribution in [0.3, 0.4) is 0 Å². The monoisotopic (exact) mass is 380 g/mol. The minimum atomic E-state index is -0.362. The number of likely N-dealkylation sites (tertiary alicyclic amines) is 1. The van der Waals surface area contributed by atoms with E-state index in [0.29, 0.717) is 42.3 Å². The van der Waals surface area contributed by atoms with Gasteiger partial charge in [-0.15, -0.1) is 0 Å². The van der Waals surface area contributed by atoms with Gasteiger partial charge in [0.25, 0.3) is 0 Å². The lowest BCUT2D eigenvalue weighted by Gasteiger charge is -2.32. The fourth-order valence-electron chi connectivity index (χ4n) is 4.68. The second-order valence-electron chi connectivity index (χ2n) is 7.60. The maximum absolute atomic E-state index is 13.6. The Hall–Kier alpha value is -2.73. The first-order valence-corrected chi connectivity index (χ1v) is 9.66. The largest absolute Gasteiger partial charge is 0.381 e. The van der Waals surface area contributed by atoms with Gasteiger partial charge in [0.05, 0.1) is 13.0 Å². The first-order valence-electron chi connectivity index (χ1n) is 9.66. The summed E-state index contributed by atoms with van der Waals surface area (Å²) in [6.07, 6.45) is 0.954. The molecule has 3 aromatic rings. The number of amides is 1. The van der Waals surface area contributed by atoms with E-state index in [1.807, 2.05) is 23.1 Å². The average molecular weight is 380 g/mol. The van der Waals surface area contributed by atoms with E-state index in [0.717, 1.165) is 6.42 Å². The Labute approximate surface area is 162 Å². The molecule has 3 heterocycles. The maximum atomic E-state index is 13.6. The van der Waals surface area contributed by atoms with E-state index in [9.17, 15) is 9.18 Å². The normalized spacial score (nSPS) is 24.5. The molecule has 2 aliphatic rings. The van der Waals surface area contributed by atoms with Crippen LogP contribution in [0.2, 0.25) is 0 Å². The molecule has 28 heavy (non-hydrogen) atoms. The van der Waals surface area contributed by atoms with Crippen molar-refractivity contribution in [3.63, 3.8) is 0 Å². The molecular weight excluding hydrogens is 359 g/mol.